The van der Waals surface area contributed by atoms with E-state index in [0.717, 1.165) is 35.2 Å². The fourth-order valence-electron chi connectivity index (χ4n) is 5.17. The average molecular weight is 580 g/mol. The molecule has 1 fully saturated rings. The molecule has 1 aromatic heterocycles. The molecule has 0 aliphatic heterocycles. The van der Waals surface area contributed by atoms with Gasteiger partial charge in [0.05, 0.1) is 30.5 Å². The second kappa shape index (κ2) is 13.5. The van der Waals surface area contributed by atoms with Crippen LogP contribution >= 0.6 is 11.6 Å². The van der Waals surface area contributed by atoms with E-state index < -0.39 is 23.5 Å². The highest BCUT2D eigenvalue weighted by Gasteiger charge is 2.44. The van der Waals surface area contributed by atoms with Crippen molar-refractivity contribution in [3.05, 3.63) is 70.9 Å². The molecule has 218 valence electrons. The molecule has 1 amide bonds. The topological polar surface area (TPSA) is 101 Å². The zero-order chi connectivity index (χ0) is 29.6. The maximum absolute atomic E-state index is 13.6. The van der Waals surface area contributed by atoms with Crippen molar-refractivity contribution in [3.8, 4) is 28.1 Å². The number of pyridine rings is 1. The predicted octanol–water partition coefficient (Wildman–Crippen LogP) is 5.28. The number of ether oxygens (including phenoxy) is 2. The fraction of sp³-hybridized carbons (Fsp3) is 0.406. The largest absolute Gasteiger partial charge is 0.492 e. The molecule has 3 aromatic rings. The van der Waals surface area contributed by atoms with Crippen LogP contribution in [0.4, 0.5) is 0 Å². The number of amides is 1. The lowest BCUT2D eigenvalue weighted by Gasteiger charge is -2.36. The molecule has 0 saturated heterocycles. The number of aliphatic hydroxyl groups excluding tert-OH is 1. The molecule has 41 heavy (non-hydrogen) atoms. The molecule has 2 N–H and O–H groups in total. The van der Waals surface area contributed by atoms with Crippen LogP contribution in [-0.2, 0) is 9.53 Å². The molecule has 0 bridgehead atoms. The summed E-state index contributed by atoms with van der Waals surface area (Å²) in [6.07, 6.45) is 1.69. The van der Waals surface area contributed by atoms with Crippen LogP contribution < -0.4 is 10.1 Å². The van der Waals surface area contributed by atoms with Gasteiger partial charge in [-0.3, -0.25) is 4.79 Å². The van der Waals surface area contributed by atoms with E-state index in [2.05, 4.69) is 10.2 Å². The quantitative estimate of drug-likeness (QED) is 0.249. The monoisotopic (exact) mass is 579 g/mol. The Kier molecular flexibility index (Phi) is 10.0. The number of carbonyl (C=O) groups excluding carboxylic acids is 2. The van der Waals surface area contributed by atoms with E-state index in [1.54, 1.807) is 12.1 Å². The third-order valence-electron chi connectivity index (χ3n) is 7.51. The van der Waals surface area contributed by atoms with E-state index in [9.17, 15) is 14.7 Å². The zero-order valence-corrected chi connectivity index (χ0v) is 24.8. The molecular weight excluding hydrogens is 542 g/mol. The molecule has 0 unspecified atom stereocenters. The van der Waals surface area contributed by atoms with Gasteiger partial charge in [0, 0.05) is 17.7 Å². The van der Waals surface area contributed by atoms with E-state index in [1.165, 1.54) is 7.11 Å². The first-order chi connectivity index (χ1) is 19.6. The van der Waals surface area contributed by atoms with Crippen molar-refractivity contribution >= 4 is 23.5 Å². The van der Waals surface area contributed by atoms with Gasteiger partial charge in [-0.15, -0.1) is 0 Å². The predicted molar refractivity (Wildman–Crippen MR) is 160 cm³/mol. The van der Waals surface area contributed by atoms with Gasteiger partial charge in [0.2, 0.25) is 0 Å². The molecule has 1 aliphatic rings. The molecule has 1 aliphatic carbocycles. The van der Waals surface area contributed by atoms with Crippen molar-refractivity contribution < 1.29 is 24.2 Å². The minimum absolute atomic E-state index is 0.162. The van der Waals surface area contributed by atoms with Crippen molar-refractivity contribution in [1.29, 1.82) is 0 Å². The second-order valence-corrected chi connectivity index (χ2v) is 11.2. The number of aryl methyl sites for hydroxylation is 1. The van der Waals surface area contributed by atoms with Crippen LogP contribution in [-0.4, -0.2) is 72.9 Å². The van der Waals surface area contributed by atoms with Crippen molar-refractivity contribution in [2.75, 3.05) is 34.4 Å². The number of benzene rings is 2. The summed E-state index contributed by atoms with van der Waals surface area (Å²) in [4.78, 5) is 33.3. The smallest absolute Gasteiger partial charge is 0.331 e. The van der Waals surface area contributed by atoms with Gasteiger partial charge in [0.15, 0.2) is 0 Å². The number of esters is 1. The van der Waals surface area contributed by atoms with Crippen LogP contribution in [0.25, 0.3) is 22.4 Å². The number of halogens is 1. The number of hydrogen-bond acceptors (Lipinski definition) is 7. The molecule has 0 spiro atoms. The van der Waals surface area contributed by atoms with Gasteiger partial charge < -0.3 is 24.8 Å². The summed E-state index contributed by atoms with van der Waals surface area (Å²) in [6.45, 7) is 3.42. The van der Waals surface area contributed by atoms with Crippen LogP contribution in [0.1, 0.15) is 48.2 Å². The molecule has 9 heteroatoms. The Morgan fingerprint density at radius 3 is 2.51 bits per heavy atom. The number of hydrogen-bond donors (Lipinski definition) is 2. The van der Waals surface area contributed by atoms with Gasteiger partial charge in [-0.05, 0) is 88.5 Å². The van der Waals surface area contributed by atoms with Crippen LogP contribution in [0.5, 0.6) is 5.75 Å². The lowest BCUT2D eigenvalue weighted by atomic mass is 9.80. The Hall–Kier alpha value is -3.46. The highest BCUT2D eigenvalue weighted by atomic mass is 35.5. The van der Waals surface area contributed by atoms with Crippen LogP contribution in [0.2, 0.25) is 5.02 Å². The summed E-state index contributed by atoms with van der Waals surface area (Å²) >= 11 is 6.48. The van der Waals surface area contributed by atoms with Gasteiger partial charge in [-0.25, -0.2) is 9.78 Å². The third kappa shape index (κ3) is 7.25. The number of nitrogens with one attached hydrogen (secondary N) is 1. The first-order valence-electron chi connectivity index (χ1n) is 13.9. The van der Waals surface area contributed by atoms with E-state index >= 15 is 0 Å². The SMILES string of the molecule is COC(=O)[C@]1(NC(=O)c2ccc(-c3ccccc3C)c(-c3ccc(Cl)c(OCCCN(C)C)c3)n2)CC[C@H](O)CC1. The number of carbonyl (C=O) groups is 2. The second-order valence-electron chi connectivity index (χ2n) is 10.8. The molecule has 0 radical (unpaired) electrons. The highest BCUT2D eigenvalue weighted by molar-refractivity contribution is 6.32. The van der Waals surface area contributed by atoms with Gasteiger partial charge in [-0.1, -0.05) is 41.9 Å². The van der Waals surface area contributed by atoms with E-state index in [1.807, 2.05) is 63.5 Å². The number of rotatable bonds is 10. The van der Waals surface area contributed by atoms with Crippen LogP contribution in [0, 0.1) is 6.92 Å². The van der Waals surface area contributed by atoms with Crippen molar-refractivity contribution in [2.24, 2.45) is 0 Å². The molecular formula is C32H38ClN3O5. The lowest BCUT2D eigenvalue weighted by molar-refractivity contribution is -0.150. The minimum Gasteiger partial charge on any atom is -0.492 e. The van der Waals surface area contributed by atoms with Gasteiger partial charge in [-0.2, -0.15) is 0 Å². The first-order valence-corrected chi connectivity index (χ1v) is 14.2. The summed E-state index contributed by atoms with van der Waals surface area (Å²) in [7, 11) is 5.33. The normalized spacial score (nSPS) is 18.7. The summed E-state index contributed by atoms with van der Waals surface area (Å²) < 4.78 is 11.1. The molecule has 8 nitrogen and oxygen atoms in total. The van der Waals surface area contributed by atoms with Crippen LogP contribution in [0.3, 0.4) is 0 Å². The van der Waals surface area contributed by atoms with Crippen molar-refractivity contribution in [1.82, 2.24) is 15.2 Å². The minimum atomic E-state index is -1.21. The number of methoxy groups -OCH3 is 1. The van der Waals surface area contributed by atoms with E-state index in [0.29, 0.717) is 35.9 Å². The number of nitrogens with zero attached hydrogens (tertiary/aromatic N) is 2. The Morgan fingerprint density at radius 1 is 1.10 bits per heavy atom. The highest BCUT2D eigenvalue weighted by Crippen LogP contribution is 2.37. The summed E-state index contributed by atoms with van der Waals surface area (Å²) in [5, 5.41) is 13.4. The Bertz CT molecular complexity index is 1390. The van der Waals surface area contributed by atoms with Gasteiger partial charge >= 0.3 is 5.97 Å². The van der Waals surface area contributed by atoms with Crippen LogP contribution in [0.15, 0.2) is 54.6 Å². The maximum Gasteiger partial charge on any atom is 0.331 e. The Balaban J connectivity index is 1.72. The number of aromatic nitrogens is 1. The maximum atomic E-state index is 13.6. The van der Waals surface area contributed by atoms with Gasteiger partial charge in [0.1, 0.15) is 17.0 Å². The van der Waals surface area contributed by atoms with Crippen molar-refractivity contribution in [2.45, 2.75) is 50.7 Å². The van der Waals surface area contributed by atoms with Crippen molar-refractivity contribution in [3.63, 3.8) is 0 Å². The molecule has 1 heterocycles. The Morgan fingerprint density at radius 2 is 1.83 bits per heavy atom. The average Bonchev–Trinajstić information content (AvgIpc) is 2.97. The summed E-state index contributed by atoms with van der Waals surface area (Å²) in [5.41, 5.74) is 3.18. The lowest BCUT2D eigenvalue weighted by Crippen LogP contribution is -2.57. The zero-order valence-electron chi connectivity index (χ0n) is 24.1. The first kappa shape index (κ1) is 30.5. The molecule has 4 rings (SSSR count). The molecule has 1 saturated carbocycles. The van der Waals surface area contributed by atoms with Gasteiger partial charge in [0.25, 0.3) is 5.91 Å². The summed E-state index contributed by atoms with van der Waals surface area (Å²) in [6, 6.07) is 17.0. The Labute approximate surface area is 246 Å². The molecule has 0 atom stereocenters. The fourth-order valence-corrected chi connectivity index (χ4v) is 5.35. The van der Waals surface area contributed by atoms with E-state index in [-0.39, 0.29) is 18.5 Å². The summed E-state index contributed by atoms with van der Waals surface area (Å²) in [5.74, 6) is -0.470. The number of aliphatic hydroxyl groups is 1. The third-order valence-corrected chi connectivity index (χ3v) is 7.82. The van der Waals surface area contributed by atoms with E-state index in [4.69, 9.17) is 26.1 Å². The standard InChI is InChI=1S/C32H38ClN3O5/c1-21-8-5-6-9-24(21)25-11-13-27(30(38)35-32(31(39)40-4)16-14-23(37)15-17-32)34-29(25)22-10-12-26(33)28(20-22)41-19-7-18-36(2)3/h5-6,8-13,20,23,37H,7,14-19H2,1-4H3,(H,35,38)/t23-,32-. The molecule has 2 aromatic carbocycles.